The zero-order valence-electron chi connectivity index (χ0n) is 11.1. The maximum Gasteiger partial charge on any atom is 0.325 e. The molecule has 1 unspecified atom stereocenters. The third-order valence-electron chi connectivity index (χ3n) is 3.22. The number of aliphatic carboxylic acids is 1. The molecule has 1 saturated heterocycles. The summed E-state index contributed by atoms with van der Waals surface area (Å²) in [4.78, 5) is 10.6. The largest absolute Gasteiger partial charge is 0.480 e. The number of piperidine rings is 1. The summed E-state index contributed by atoms with van der Waals surface area (Å²) in [6.07, 6.45) is 3.88. The summed E-state index contributed by atoms with van der Waals surface area (Å²) in [5, 5.41) is 12.4. The highest BCUT2D eigenvalue weighted by molar-refractivity contribution is 7.89. The molecule has 112 valence electrons. The molecule has 1 aromatic heterocycles. The van der Waals surface area contributed by atoms with E-state index in [2.05, 4.69) is 5.10 Å². The van der Waals surface area contributed by atoms with E-state index in [-0.39, 0.29) is 17.5 Å². The third-order valence-corrected chi connectivity index (χ3v) is 5.04. The Labute approximate surface area is 117 Å². The van der Waals surface area contributed by atoms with Gasteiger partial charge in [0.25, 0.3) is 0 Å². The molecule has 0 aromatic carbocycles. The highest BCUT2D eigenvalue weighted by Gasteiger charge is 2.31. The van der Waals surface area contributed by atoms with Gasteiger partial charge in [0.1, 0.15) is 11.4 Å². The maximum absolute atomic E-state index is 12.4. The lowest BCUT2D eigenvalue weighted by molar-refractivity contribution is -0.137. The van der Waals surface area contributed by atoms with Gasteiger partial charge < -0.3 is 9.84 Å². The van der Waals surface area contributed by atoms with E-state index in [0.29, 0.717) is 13.1 Å². The molecule has 0 aliphatic carbocycles. The summed E-state index contributed by atoms with van der Waals surface area (Å²) in [5.74, 6) is -1.07. The van der Waals surface area contributed by atoms with Crippen LogP contribution >= 0.6 is 0 Å². The monoisotopic (exact) mass is 303 g/mol. The van der Waals surface area contributed by atoms with E-state index in [9.17, 15) is 13.2 Å². The number of rotatable bonds is 5. The van der Waals surface area contributed by atoms with Gasteiger partial charge in [-0.25, -0.2) is 8.42 Å². The summed E-state index contributed by atoms with van der Waals surface area (Å²) in [6, 6.07) is 0. The quantitative estimate of drug-likeness (QED) is 0.806. The lowest BCUT2D eigenvalue weighted by Gasteiger charge is -2.30. The Morgan fingerprint density at radius 3 is 3.00 bits per heavy atom. The number of hydrogen-bond acceptors (Lipinski definition) is 5. The topological polar surface area (TPSA) is 102 Å². The van der Waals surface area contributed by atoms with Gasteiger partial charge >= 0.3 is 5.97 Å². The van der Waals surface area contributed by atoms with Crippen molar-refractivity contribution in [1.82, 2.24) is 14.1 Å². The van der Waals surface area contributed by atoms with Gasteiger partial charge in [0.15, 0.2) is 0 Å². The normalized spacial score (nSPS) is 20.9. The van der Waals surface area contributed by atoms with Crippen LogP contribution in [0.15, 0.2) is 17.3 Å². The van der Waals surface area contributed by atoms with Crippen LogP contribution < -0.4 is 0 Å². The number of carboxylic acids is 1. The lowest BCUT2D eigenvalue weighted by Crippen LogP contribution is -2.42. The maximum atomic E-state index is 12.4. The number of methoxy groups -OCH3 is 1. The minimum Gasteiger partial charge on any atom is -0.480 e. The Bertz CT molecular complexity index is 583. The molecular formula is C11H17N3O5S. The van der Waals surface area contributed by atoms with Crippen LogP contribution in [-0.2, 0) is 26.1 Å². The second-order valence-corrected chi connectivity index (χ2v) is 6.57. The summed E-state index contributed by atoms with van der Waals surface area (Å²) < 4.78 is 32.5. The molecule has 1 fully saturated rings. The zero-order chi connectivity index (χ0) is 14.8. The number of carbonyl (C=O) groups is 1. The fraction of sp³-hybridized carbons (Fsp3) is 0.636. The second-order valence-electron chi connectivity index (χ2n) is 4.63. The van der Waals surface area contributed by atoms with Crippen LogP contribution in [0.4, 0.5) is 0 Å². The van der Waals surface area contributed by atoms with Crippen molar-refractivity contribution in [3.05, 3.63) is 12.4 Å². The van der Waals surface area contributed by atoms with Crippen molar-refractivity contribution in [3.63, 3.8) is 0 Å². The highest BCUT2D eigenvalue weighted by atomic mass is 32.2. The summed E-state index contributed by atoms with van der Waals surface area (Å²) in [6.45, 7) is 0.380. The Kier molecular flexibility index (Phi) is 4.41. The first-order chi connectivity index (χ1) is 9.43. The predicted molar refractivity (Wildman–Crippen MR) is 68.7 cm³/mol. The minimum absolute atomic E-state index is 0.00973. The SMILES string of the molecule is COC1CCCN(S(=O)(=O)c2cnn(CC(=O)O)c2)C1. The Hall–Kier alpha value is -1.45. The molecule has 1 aromatic rings. The summed E-state index contributed by atoms with van der Waals surface area (Å²) in [5.41, 5.74) is 0. The average molecular weight is 303 g/mol. The molecule has 0 spiro atoms. The van der Waals surface area contributed by atoms with Crippen molar-refractivity contribution in [1.29, 1.82) is 0 Å². The van der Waals surface area contributed by atoms with E-state index in [4.69, 9.17) is 9.84 Å². The van der Waals surface area contributed by atoms with Crippen molar-refractivity contribution in [3.8, 4) is 0 Å². The van der Waals surface area contributed by atoms with Crippen molar-refractivity contribution >= 4 is 16.0 Å². The van der Waals surface area contributed by atoms with Gasteiger partial charge in [-0.2, -0.15) is 9.40 Å². The van der Waals surface area contributed by atoms with E-state index in [0.717, 1.165) is 17.5 Å². The van der Waals surface area contributed by atoms with Gasteiger partial charge in [-0.05, 0) is 12.8 Å². The van der Waals surface area contributed by atoms with E-state index >= 15 is 0 Å². The summed E-state index contributed by atoms with van der Waals surface area (Å²) in [7, 11) is -2.08. The molecule has 1 aliphatic heterocycles. The van der Waals surface area contributed by atoms with E-state index < -0.39 is 16.0 Å². The van der Waals surface area contributed by atoms with E-state index in [1.807, 2.05) is 0 Å². The lowest BCUT2D eigenvalue weighted by atomic mass is 10.1. The molecule has 1 N–H and O–H groups in total. The molecule has 8 nitrogen and oxygen atoms in total. The molecule has 0 saturated carbocycles. The molecule has 9 heteroatoms. The highest BCUT2D eigenvalue weighted by Crippen LogP contribution is 2.21. The number of ether oxygens (including phenoxy) is 1. The average Bonchev–Trinajstić information content (AvgIpc) is 2.87. The number of aromatic nitrogens is 2. The van der Waals surface area contributed by atoms with Crippen LogP contribution in [-0.4, -0.2) is 59.9 Å². The van der Waals surface area contributed by atoms with Crippen LogP contribution in [0.1, 0.15) is 12.8 Å². The fourth-order valence-corrected chi connectivity index (χ4v) is 3.63. The van der Waals surface area contributed by atoms with Crippen LogP contribution in [0.2, 0.25) is 0 Å². The molecular weight excluding hydrogens is 286 g/mol. The molecule has 1 aliphatic rings. The molecule has 2 heterocycles. The van der Waals surface area contributed by atoms with Crippen LogP contribution in [0.25, 0.3) is 0 Å². The van der Waals surface area contributed by atoms with Gasteiger partial charge in [-0.3, -0.25) is 9.48 Å². The number of nitrogens with zero attached hydrogens (tertiary/aromatic N) is 3. The Balaban J connectivity index is 2.17. The molecule has 2 rings (SSSR count). The molecule has 1 atom stereocenters. The molecule has 0 radical (unpaired) electrons. The number of hydrogen-bond donors (Lipinski definition) is 1. The van der Waals surface area contributed by atoms with E-state index in [1.54, 1.807) is 7.11 Å². The van der Waals surface area contributed by atoms with Crippen molar-refractivity contribution in [2.75, 3.05) is 20.2 Å². The Morgan fingerprint density at radius 1 is 1.60 bits per heavy atom. The van der Waals surface area contributed by atoms with Gasteiger partial charge in [0, 0.05) is 26.4 Å². The zero-order valence-corrected chi connectivity index (χ0v) is 11.9. The molecule has 0 amide bonds. The van der Waals surface area contributed by atoms with Crippen molar-refractivity contribution < 1.29 is 23.1 Å². The third kappa shape index (κ3) is 3.17. The van der Waals surface area contributed by atoms with Crippen LogP contribution in [0, 0.1) is 0 Å². The number of carboxylic acid groups (broad SMARTS) is 1. The predicted octanol–water partition coefficient (Wildman–Crippen LogP) is -0.233. The first-order valence-electron chi connectivity index (χ1n) is 6.20. The first kappa shape index (κ1) is 14.9. The first-order valence-corrected chi connectivity index (χ1v) is 7.64. The molecule has 0 bridgehead atoms. The van der Waals surface area contributed by atoms with Crippen molar-refractivity contribution in [2.24, 2.45) is 0 Å². The smallest absolute Gasteiger partial charge is 0.325 e. The standard InChI is InChI=1S/C11H17N3O5S/c1-19-9-3-2-4-14(6-9)20(17,18)10-5-12-13(7-10)8-11(15)16/h5,7,9H,2-4,6,8H2,1H3,(H,15,16). The van der Waals surface area contributed by atoms with Crippen LogP contribution in [0.3, 0.4) is 0 Å². The fourth-order valence-electron chi connectivity index (χ4n) is 2.17. The molecule has 20 heavy (non-hydrogen) atoms. The second kappa shape index (κ2) is 5.90. The Morgan fingerprint density at radius 2 is 2.35 bits per heavy atom. The van der Waals surface area contributed by atoms with Gasteiger partial charge in [0.2, 0.25) is 10.0 Å². The van der Waals surface area contributed by atoms with Crippen LogP contribution in [0.5, 0.6) is 0 Å². The summed E-state index contributed by atoms with van der Waals surface area (Å²) >= 11 is 0. The van der Waals surface area contributed by atoms with E-state index in [1.165, 1.54) is 16.7 Å². The minimum atomic E-state index is -3.64. The number of sulfonamides is 1. The van der Waals surface area contributed by atoms with Crippen molar-refractivity contribution in [2.45, 2.75) is 30.4 Å². The van der Waals surface area contributed by atoms with Gasteiger partial charge in [-0.1, -0.05) is 0 Å². The van der Waals surface area contributed by atoms with Gasteiger partial charge in [0.05, 0.1) is 12.3 Å². The van der Waals surface area contributed by atoms with Gasteiger partial charge in [-0.15, -0.1) is 0 Å².